The molecule has 0 aliphatic heterocycles. The van der Waals surface area contributed by atoms with Crippen LogP contribution in [0, 0.1) is 19.7 Å². The van der Waals surface area contributed by atoms with Gasteiger partial charge >= 0.3 is 5.97 Å². The summed E-state index contributed by atoms with van der Waals surface area (Å²) in [6.45, 7) is 4.10. The van der Waals surface area contributed by atoms with Crippen molar-refractivity contribution in [2.24, 2.45) is 0 Å². The molecule has 1 amide bonds. The standard InChI is InChI=1S/C21H24FNO4/c1-14-5-7-17(15(2)9-14)12-23(3)20(24)13-27-21(25)11-16-6-8-19(26-4)18(22)10-16/h5-10H,11-13H2,1-4H3. The van der Waals surface area contributed by atoms with E-state index in [9.17, 15) is 14.0 Å². The maximum Gasteiger partial charge on any atom is 0.310 e. The second-order valence-electron chi connectivity index (χ2n) is 6.49. The highest BCUT2D eigenvalue weighted by molar-refractivity contribution is 5.81. The van der Waals surface area contributed by atoms with E-state index >= 15 is 0 Å². The number of hydrogen-bond donors (Lipinski definition) is 0. The number of carbonyl (C=O) groups excluding carboxylic acids is 2. The van der Waals surface area contributed by atoms with Crippen LogP contribution in [0.5, 0.6) is 5.75 Å². The molecule has 144 valence electrons. The number of hydrogen-bond acceptors (Lipinski definition) is 4. The van der Waals surface area contributed by atoms with Crippen molar-refractivity contribution in [3.05, 3.63) is 64.5 Å². The zero-order chi connectivity index (χ0) is 20.0. The van der Waals surface area contributed by atoms with E-state index in [1.807, 2.05) is 26.0 Å². The van der Waals surface area contributed by atoms with Crippen molar-refractivity contribution in [2.45, 2.75) is 26.8 Å². The first kappa shape index (κ1) is 20.4. The molecule has 2 aromatic carbocycles. The molecule has 5 nitrogen and oxygen atoms in total. The van der Waals surface area contributed by atoms with Crippen LogP contribution in [0.1, 0.15) is 22.3 Å². The Morgan fingerprint density at radius 2 is 1.85 bits per heavy atom. The summed E-state index contributed by atoms with van der Waals surface area (Å²) >= 11 is 0. The molecule has 2 rings (SSSR count). The van der Waals surface area contributed by atoms with Crippen LogP contribution in [0.25, 0.3) is 0 Å². The van der Waals surface area contributed by atoms with Gasteiger partial charge in [-0.3, -0.25) is 9.59 Å². The number of aryl methyl sites for hydroxylation is 2. The van der Waals surface area contributed by atoms with E-state index in [-0.39, 0.29) is 24.7 Å². The van der Waals surface area contributed by atoms with Crippen LogP contribution in [0.4, 0.5) is 4.39 Å². The van der Waals surface area contributed by atoms with Gasteiger partial charge in [0.2, 0.25) is 0 Å². The molecular formula is C21H24FNO4. The molecule has 0 fully saturated rings. The summed E-state index contributed by atoms with van der Waals surface area (Å²) in [5, 5.41) is 0. The van der Waals surface area contributed by atoms with Gasteiger partial charge in [0, 0.05) is 13.6 Å². The molecule has 0 bridgehead atoms. The van der Waals surface area contributed by atoms with Crippen molar-refractivity contribution in [2.75, 3.05) is 20.8 Å². The molecule has 27 heavy (non-hydrogen) atoms. The van der Waals surface area contributed by atoms with Crippen LogP contribution in [0.3, 0.4) is 0 Å². The highest BCUT2D eigenvalue weighted by atomic mass is 19.1. The normalized spacial score (nSPS) is 10.4. The van der Waals surface area contributed by atoms with Gasteiger partial charge in [-0.25, -0.2) is 4.39 Å². The van der Waals surface area contributed by atoms with Crippen molar-refractivity contribution in [3.8, 4) is 5.75 Å². The molecule has 0 N–H and O–H groups in total. The van der Waals surface area contributed by atoms with Gasteiger partial charge in [-0.05, 0) is 42.7 Å². The minimum Gasteiger partial charge on any atom is -0.494 e. The van der Waals surface area contributed by atoms with Gasteiger partial charge in [-0.2, -0.15) is 0 Å². The van der Waals surface area contributed by atoms with E-state index in [1.165, 1.54) is 24.1 Å². The average Bonchev–Trinajstić information content (AvgIpc) is 2.62. The zero-order valence-electron chi connectivity index (χ0n) is 16.0. The quantitative estimate of drug-likeness (QED) is 0.700. The van der Waals surface area contributed by atoms with Crippen LogP contribution in [-0.2, 0) is 27.3 Å². The molecule has 0 saturated heterocycles. The Morgan fingerprint density at radius 3 is 2.48 bits per heavy atom. The van der Waals surface area contributed by atoms with E-state index in [0.29, 0.717) is 12.1 Å². The summed E-state index contributed by atoms with van der Waals surface area (Å²) in [6.07, 6.45) is -0.116. The Kier molecular flexibility index (Phi) is 6.93. The Labute approximate surface area is 158 Å². The third-order valence-corrected chi connectivity index (χ3v) is 4.25. The monoisotopic (exact) mass is 373 g/mol. The molecule has 0 atom stereocenters. The van der Waals surface area contributed by atoms with Crippen LogP contribution >= 0.6 is 0 Å². The summed E-state index contributed by atoms with van der Waals surface area (Å²) < 4.78 is 23.5. The Morgan fingerprint density at radius 1 is 1.11 bits per heavy atom. The predicted octanol–water partition coefficient (Wildman–Crippen LogP) is 3.20. The third kappa shape index (κ3) is 5.81. The van der Waals surface area contributed by atoms with Crippen LogP contribution < -0.4 is 4.74 Å². The SMILES string of the molecule is COc1ccc(CC(=O)OCC(=O)N(C)Cc2ccc(C)cc2C)cc1F. The molecule has 0 unspecified atom stereocenters. The van der Waals surface area contributed by atoms with E-state index < -0.39 is 11.8 Å². The maximum absolute atomic E-state index is 13.6. The number of methoxy groups -OCH3 is 1. The smallest absolute Gasteiger partial charge is 0.310 e. The lowest BCUT2D eigenvalue weighted by Gasteiger charge is -2.18. The topological polar surface area (TPSA) is 55.8 Å². The molecule has 0 aromatic heterocycles. The maximum atomic E-state index is 13.6. The largest absolute Gasteiger partial charge is 0.494 e. The number of benzene rings is 2. The fraction of sp³-hybridized carbons (Fsp3) is 0.333. The van der Waals surface area contributed by atoms with Gasteiger partial charge in [0.15, 0.2) is 18.2 Å². The number of halogens is 1. The number of esters is 1. The minimum absolute atomic E-state index is 0.107. The van der Waals surface area contributed by atoms with Gasteiger partial charge in [0.1, 0.15) is 0 Å². The number of ether oxygens (including phenoxy) is 2. The lowest BCUT2D eigenvalue weighted by Crippen LogP contribution is -2.31. The molecule has 6 heteroatoms. The Hall–Kier alpha value is -2.89. The number of likely N-dealkylation sites (N-methyl/N-ethyl adjacent to an activating group) is 1. The molecule has 2 aromatic rings. The van der Waals surface area contributed by atoms with Gasteiger partial charge in [0.05, 0.1) is 13.5 Å². The van der Waals surface area contributed by atoms with E-state index in [1.54, 1.807) is 13.1 Å². The van der Waals surface area contributed by atoms with Gasteiger partial charge < -0.3 is 14.4 Å². The minimum atomic E-state index is -0.590. The van der Waals surface area contributed by atoms with Gasteiger partial charge in [-0.1, -0.05) is 29.8 Å². The number of nitrogens with zero attached hydrogens (tertiary/aromatic N) is 1. The van der Waals surface area contributed by atoms with Crippen LogP contribution in [-0.4, -0.2) is 37.5 Å². The van der Waals surface area contributed by atoms with Crippen LogP contribution in [0.2, 0.25) is 0 Å². The summed E-state index contributed by atoms with van der Waals surface area (Å²) in [7, 11) is 3.03. The van der Waals surface area contributed by atoms with Crippen molar-refractivity contribution in [3.63, 3.8) is 0 Å². The first-order valence-corrected chi connectivity index (χ1v) is 8.58. The summed E-state index contributed by atoms with van der Waals surface area (Å²) in [6, 6.07) is 10.3. The summed E-state index contributed by atoms with van der Waals surface area (Å²) in [4.78, 5) is 25.6. The number of carbonyl (C=O) groups is 2. The molecular weight excluding hydrogens is 349 g/mol. The third-order valence-electron chi connectivity index (χ3n) is 4.25. The Balaban J connectivity index is 1.85. The first-order chi connectivity index (χ1) is 12.8. The van der Waals surface area contributed by atoms with E-state index in [4.69, 9.17) is 9.47 Å². The van der Waals surface area contributed by atoms with Crippen molar-refractivity contribution in [1.29, 1.82) is 0 Å². The van der Waals surface area contributed by atoms with Crippen LogP contribution in [0.15, 0.2) is 36.4 Å². The summed E-state index contributed by atoms with van der Waals surface area (Å²) in [5.74, 6) is -1.33. The van der Waals surface area contributed by atoms with Crippen molar-refractivity contribution < 1.29 is 23.5 Å². The summed E-state index contributed by atoms with van der Waals surface area (Å²) in [5.41, 5.74) is 3.76. The molecule has 0 saturated carbocycles. The fourth-order valence-electron chi connectivity index (χ4n) is 2.66. The highest BCUT2D eigenvalue weighted by Crippen LogP contribution is 2.18. The van der Waals surface area contributed by atoms with E-state index in [2.05, 4.69) is 6.07 Å². The predicted molar refractivity (Wildman–Crippen MR) is 100 cm³/mol. The molecule has 0 aliphatic carbocycles. The molecule has 0 aliphatic rings. The number of amides is 1. The van der Waals surface area contributed by atoms with E-state index in [0.717, 1.165) is 16.7 Å². The van der Waals surface area contributed by atoms with Crippen molar-refractivity contribution >= 4 is 11.9 Å². The van der Waals surface area contributed by atoms with Crippen molar-refractivity contribution in [1.82, 2.24) is 4.90 Å². The highest BCUT2D eigenvalue weighted by Gasteiger charge is 2.14. The second-order valence-corrected chi connectivity index (χ2v) is 6.49. The molecule has 0 radical (unpaired) electrons. The lowest BCUT2D eigenvalue weighted by atomic mass is 10.1. The molecule has 0 spiro atoms. The molecule has 0 heterocycles. The lowest BCUT2D eigenvalue weighted by molar-refractivity contribution is -0.151. The second kappa shape index (κ2) is 9.16. The zero-order valence-corrected chi connectivity index (χ0v) is 16.0. The van der Waals surface area contributed by atoms with Gasteiger partial charge in [-0.15, -0.1) is 0 Å². The number of rotatable bonds is 7. The first-order valence-electron chi connectivity index (χ1n) is 8.58. The Bertz CT molecular complexity index is 835. The average molecular weight is 373 g/mol. The fourth-order valence-corrected chi connectivity index (χ4v) is 2.66. The van der Waals surface area contributed by atoms with Gasteiger partial charge in [0.25, 0.3) is 5.91 Å².